The Hall–Kier alpha value is -2.39. The second kappa shape index (κ2) is 6.25. The van der Waals surface area contributed by atoms with E-state index < -0.39 is 36.1 Å². The first-order chi connectivity index (χ1) is 11.3. The summed E-state index contributed by atoms with van der Waals surface area (Å²) in [6, 6.07) is -1.57. The minimum atomic E-state index is -4.76. The summed E-state index contributed by atoms with van der Waals surface area (Å²) in [6.07, 6.45) is -1.67. The number of aromatic nitrogens is 3. The van der Waals surface area contributed by atoms with Crippen LogP contribution in [0.2, 0.25) is 0 Å². The van der Waals surface area contributed by atoms with Crippen LogP contribution in [-0.2, 0) is 19.5 Å². The Bertz CT molecular complexity index is 707. The van der Waals surface area contributed by atoms with Gasteiger partial charge < -0.3 is 15.2 Å². The Morgan fingerprint density at radius 1 is 1.38 bits per heavy atom. The predicted molar refractivity (Wildman–Crippen MR) is 75.4 cm³/mol. The number of amides is 2. The van der Waals surface area contributed by atoms with E-state index in [1.807, 2.05) is 4.57 Å². The molecule has 2 heterocycles. The van der Waals surface area contributed by atoms with Crippen molar-refractivity contribution in [1.29, 1.82) is 0 Å². The van der Waals surface area contributed by atoms with E-state index in [9.17, 15) is 22.4 Å². The van der Waals surface area contributed by atoms with Crippen LogP contribution in [0.3, 0.4) is 0 Å². The number of rotatable bonds is 3. The van der Waals surface area contributed by atoms with E-state index in [1.165, 1.54) is 6.08 Å². The number of alkyl halides is 3. The summed E-state index contributed by atoms with van der Waals surface area (Å²) < 4.78 is 53.2. The normalized spacial score (nSPS) is 20.2. The third-order valence-corrected chi connectivity index (χ3v) is 3.94. The molecule has 130 valence electrons. The number of carbonyl (C=O) groups excluding carboxylic acids is 1. The third-order valence-electron chi connectivity index (χ3n) is 3.94. The predicted octanol–water partition coefficient (Wildman–Crippen LogP) is 2.14. The highest BCUT2D eigenvalue weighted by molar-refractivity contribution is 5.74. The van der Waals surface area contributed by atoms with Crippen molar-refractivity contribution in [3.63, 3.8) is 0 Å². The van der Waals surface area contributed by atoms with Crippen molar-refractivity contribution in [2.75, 3.05) is 0 Å². The van der Waals surface area contributed by atoms with E-state index in [1.54, 1.807) is 0 Å². The van der Waals surface area contributed by atoms with Gasteiger partial charge in [0.1, 0.15) is 11.7 Å². The molecule has 1 unspecified atom stereocenters. The Morgan fingerprint density at radius 3 is 2.92 bits per heavy atom. The van der Waals surface area contributed by atoms with Crippen molar-refractivity contribution in [3.8, 4) is 0 Å². The zero-order valence-electron chi connectivity index (χ0n) is 12.5. The molecule has 6 nitrogen and oxygen atoms in total. The number of urea groups is 1. The number of fused-ring (bicyclic) bond motifs is 1. The minimum absolute atomic E-state index is 0.117. The van der Waals surface area contributed by atoms with Crippen LogP contribution in [0, 0.1) is 0 Å². The van der Waals surface area contributed by atoms with Crippen LogP contribution in [-0.4, -0.2) is 33.0 Å². The van der Waals surface area contributed by atoms with E-state index in [0.717, 1.165) is 31.3 Å². The van der Waals surface area contributed by atoms with E-state index >= 15 is 0 Å². The fraction of sp³-hybridized carbons (Fsp3) is 0.500. The molecule has 1 aromatic rings. The van der Waals surface area contributed by atoms with Crippen molar-refractivity contribution in [3.05, 3.63) is 35.2 Å². The first-order valence-electron chi connectivity index (χ1n) is 7.44. The maximum atomic E-state index is 13.2. The van der Waals surface area contributed by atoms with Gasteiger partial charge in [0.25, 0.3) is 0 Å². The molecule has 0 bridgehead atoms. The molecular formula is C14H15F4N5O. The first-order valence-corrected chi connectivity index (χ1v) is 7.44. The Balaban J connectivity index is 1.53. The van der Waals surface area contributed by atoms with Gasteiger partial charge >= 0.3 is 12.2 Å². The van der Waals surface area contributed by atoms with Gasteiger partial charge in [0, 0.05) is 19.4 Å². The van der Waals surface area contributed by atoms with Crippen LogP contribution in [0.1, 0.15) is 24.5 Å². The number of aryl methyl sites for hydroxylation is 1. The van der Waals surface area contributed by atoms with Gasteiger partial charge in [-0.05, 0) is 12.5 Å². The number of allylic oxidation sites excluding steroid dienone is 2. The summed E-state index contributed by atoms with van der Waals surface area (Å²) in [6.45, 7) is 0.900. The fourth-order valence-electron chi connectivity index (χ4n) is 2.76. The van der Waals surface area contributed by atoms with E-state index in [4.69, 9.17) is 0 Å². The average Bonchev–Trinajstić information content (AvgIpc) is 3.09. The molecule has 1 aliphatic heterocycles. The molecule has 0 saturated heterocycles. The van der Waals surface area contributed by atoms with Crippen molar-refractivity contribution < 1.29 is 22.4 Å². The maximum Gasteiger partial charge on any atom is 0.415 e. The topological polar surface area (TPSA) is 71.8 Å². The largest absolute Gasteiger partial charge is 0.415 e. The molecule has 2 N–H and O–H groups in total. The Morgan fingerprint density at radius 2 is 2.17 bits per heavy atom. The molecule has 0 saturated carbocycles. The van der Waals surface area contributed by atoms with E-state index in [-0.39, 0.29) is 6.54 Å². The van der Waals surface area contributed by atoms with Gasteiger partial charge in [-0.15, -0.1) is 10.2 Å². The lowest BCUT2D eigenvalue weighted by Gasteiger charge is -2.22. The van der Waals surface area contributed by atoms with Gasteiger partial charge in [0.05, 0.1) is 18.2 Å². The summed E-state index contributed by atoms with van der Waals surface area (Å²) in [7, 11) is 0. The van der Waals surface area contributed by atoms with Gasteiger partial charge in [-0.25, -0.2) is 9.18 Å². The van der Waals surface area contributed by atoms with Gasteiger partial charge in [-0.2, -0.15) is 13.2 Å². The minimum Gasteiger partial charge on any atom is -0.332 e. The highest BCUT2D eigenvalue weighted by Crippen LogP contribution is 2.35. The fourth-order valence-corrected chi connectivity index (χ4v) is 2.76. The Labute approximate surface area is 134 Å². The molecule has 1 aliphatic carbocycles. The Kier molecular flexibility index (Phi) is 4.29. The van der Waals surface area contributed by atoms with Crippen molar-refractivity contribution in [2.45, 2.75) is 44.6 Å². The van der Waals surface area contributed by atoms with Gasteiger partial charge in [0.15, 0.2) is 5.82 Å². The lowest BCUT2D eigenvalue weighted by atomic mass is 9.99. The highest BCUT2D eigenvalue weighted by Gasteiger charge is 2.39. The molecule has 0 fully saturated rings. The van der Waals surface area contributed by atoms with Crippen molar-refractivity contribution in [2.24, 2.45) is 0 Å². The molecule has 0 spiro atoms. The highest BCUT2D eigenvalue weighted by atomic mass is 19.4. The smallest absolute Gasteiger partial charge is 0.332 e. The summed E-state index contributed by atoms with van der Waals surface area (Å²) in [4.78, 5) is 11.8. The first kappa shape index (κ1) is 16.5. The lowest BCUT2D eigenvalue weighted by Crippen LogP contribution is -2.42. The lowest BCUT2D eigenvalue weighted by molar-refractivity contribution is -0.0963. The number of nitrogens with zero attached hydrogens (tertiary/aromatic N) is 3. The van der Waals surface area contributed by atoms with Crippen LogP contribution in [0.15, 0.2) is 23.6 Å². The third kappa shape index (κ3) is 3.41. The number of hydrogen-bond acceptors (Lipinski definition) is 3. The van der Waals surface area contributed by atoms with Crippen LogP contribution >= 0.6 is 0 Å². The summed E-state index contributed by atoms with van der Waals surface area (Å²) in [5, 5.41) is 12.9. The van der Waals surface area contributed by atoms with Gasteiger partial charge in [-0.1, -0.05) is 6.08 Å². The zero-order valence-corrected chi connectivity index (χ0v) is 12.5. The standard InChI is InChI=1S/C14H15F4N5O/c15-10-4-3-8(6-9(10)14(16,17)18)20-13(24)19-7-12-22-21-11-2-1-5-23(11)12/h3-4,8H,1-2,5-7H2,(H2,19,20,24). The van der Waals surface area contributed by atoms with Gasteiger partial charge in [-0.3, -0.25) is 0 Å². The number of nitrogens with one attached hydrogen (secondary N) is 2. The van der Waals surface area contributed by atoms with Gasteiger partial charge in [0.2, 0.25) is 0 Å². The molecule has 24 heavy (non-hydrogen) atoms. The van der Waals surface area contributed by atoms with Crippen LogP contribution in [0.5, 0.6) is 0 Å². The molecule has 1 atom stereocenters. The molecule has 0 aromatic carbocycles. The van der Waals surface area contributed by atoms with E-state index in [0.29, 0.717) is 5.82 Å². The monoisotopic (exact) mass is 345 g/mol. The molecule has 2 amide bonds. The second-order valence-corrected chi connectivity index (χ2v) is 5.61. The average molecular weight is 345 g/mol. The van der Waals surface area contributed by atoms with Crippen molar-refractivity contribution in [1.82, 2.24) is 25.4 Å². The van der Waals surface area contributed by atoms with Crippen LogP contribution < -0.4 is 10.6 Å². The maximum absolute atomic E-state index is 13.2. The molecular weight excluding hydrogens is 330 g/mol. The molecule has 3 rings (SSSR count). The quantitative estimate of drug-likeness (QED) is 0.825. The summed E-state index contributed by atoms with van der Waals surface area (Å²) in [5.41, 5.74) is -1.27. The van der Waals surface area contributed by atoms with Crippen LogP contribution in [0.4, 0.5) is 22.4 Å². The second-order valence-electron chi connectivity index (χ2n) is 5.61. The van der Waals surface area contributed by atoms with Crippen LogP contribution in [0.25, 0.3) is 0 Å². The summed E-state index contributed by atoms with van der Waals surface area (Å²) >= 11 is 0. The SMILES string of the molecule is O=C(NCc1nnc2n1CCC2)NC1C=CC(F)=C(C(F)(F)F)C1. The molecule has 2 aliphatic rings. The van der Waals surface area contributed by atoms with E-state index in [2.05, 4.69) is 20.8 Å². The molecule has 1 aromatic heterocycles. The molecule has 0 radical (unpaired) electrons. The van der Waals surface area contributed by atoms with Crippen molar-refractivity contribution >= 4 is 6.03 Å². The summed E-state index contributed by atoms with van der Waals surface area (Å²) in [5.74, 6) is 0.136. The number of carbonyl (C=O) groups is 1. The number of hydrogen-bond donors (Lipinski definition) is 2. The zero-order chi connectivity index (χ0) is 17.3. The molecule has 10 heteroatoms. The number of halogens is 4.